The lowest BCUT2D eigenvalue weighted by Gasteiger charge is -2.32. The molecule has 4 aromatic rings. The summed E-state index contributed by atoms with van der Waals surface area (Å²) in [6.07, 6.45) is 0.766. The molecule has 2 N–H and O–H groups in total. The van der Waals surface area contributed by atoms with Gasteiger partial charge in [0, 0.05) is 74.2 Å². The Morgan fingerprint density at radius 1 is 0.711 bits per heavy atom. The third kappa shape index (κ3) is 5.34. The summed E-state index contributed by atoms with van der Waals surface area (Å²) in [4.78, 5) is 50.7. The molecule has 2 aromatic heterocycles. The number of fused-ring (bicyclic) bond motifs is 2. The molecule has 0 spiro atoms. The molecule has 0 unspecified atom stereocenters. The third-order valence-electron chi connectivity index (χ3n) is 7.42. The molecule has 4 heterocycles. The summed E-state index contributed by atoms with van der Waals surface area (Å²) in [6, 6.07) is 17.4. The number of rotatable bonds is 3. The summed E-state index contributed by atoms with van der Waals surface area (Å²) in [5.74, 6) is 0.0238. The van der Waals surface area contributed by atoms with E-state index in [0.717, 1.165) is 67.4 Å². The third-order valence-corrected chi connectivity index (χ3v) is 7.42. The van der Waals surface area contributed by atoms with Crippen molar-refractivity contribution in [2.45, 2.75) is 0 Å². The number of nitrogens with one attached hydrogen (secondary N) is 2. The molecule has 0 atom stereocenters. The molecule has 2 aliphatic heterocycles. The molecule has 0 bridgehead atoms. The largest absolute Gasteiger partial charge is 0.351 e. The number of likely N-dealkylation sites (N-methyl/N-ethyl adjacent to an activating group) is 2. The number of para-hydroxylation sites is 2. The molecule has 2 fully saturated rings. The summed E-state index contributed by atoms with van der Waals surface area (Å²) >= 11 is 0. The van der Waals surface area contributed by atoms with E-state index in [-0.39, 0.29) is 11.8 Å². The zero-order chi connectivity index (χ0) is 26.6. The van der Waals surface area contributed by atoms with E-state index in [4.69, 9.17) is 0 Å². The molecule has 2 aliphatic rings. The standard InChI is InChI=1S/C15H17N3O2.C14H17N3O/c1-17-6-8-18(9-7-17)15(20)14-12(10-19)11-4-2-3-5-13(11)16-14;1-16-6-8-17(9-7-16)14(18)13-10-11-4-2-3-5-12(11)15-13/h2-5,10,16H,6-9H2,1H3;2-5,10,15H,6-9H2,1H3. The summed E-state index contributed by atoms with van der Waals surface area (Å²) in [7, 11) is 4.13. The topological polar surface area (TPSA) is 95.8 Å². The average Bonchev–Trinajstić information content (AvgIpc) is 3.55. The number of aromatic nitrogens is 2. The Morgan fingerprint density at radius 3 is 1.87 bits per heavy atom. The van der Waals surface area contributed by atoms with Crippen molar-refractivity contribution in [1.29, 1.82) is 0 Å². The molecule has 2 aromatic carbocycles. The van der Waals surface area contributed by atoms with E-state index >= 15 is 0 Å². The normalized spacial score (nSPS) is 16.9. The minimum Gasteiger partial charge on any atom is -0.351 e. The highest BCUT2D eigenvalue weighted by Crippen LogP contribution is 2.22. The van der Waals surface area contributed by atoms with Crippen LogP contribution in [0.3, 0.4) is 0 Å². The summed E-state index contributed by atoms with van der Waals surface area (Å²) in [6.45, 7) is 6.64. The lowest BCUT2D eigenvalue weighted by Crippen LogP contribution is -2.47. The van der Waals surface area contributed by atoms with Gasteiger partial charge in [-0.25, -0.2) is 0 Å². The zero-order valence-corrected chi connectivity index (χ0v) is 21.9. The van der Waals surface area contributed by atoms with E-state index in [9.17, 15) is 14.4 Å². The van der Waals surface area contributed by atoms with E-state index in [1.165, 1.54) is 0 Å². The van der Waals surface area contributed by atoms with Gasteiger partial charge in [-0.1, -0.05) is 36.4 Å². The summed E-state index contributed by atoms with van der Waals surface area (Å²) in [5, 5.41) is 1.90. The fraction of sp³-hybridized carbons (Fsp3) is 0.345. The molecule has 38 heavy (non-hydrogen) atoms. The Kier molecular flexibility index (Phi) is 7.57. The Hall–Kier alpha value is -3.95. The molecule has 0 saturated carbocycles. The minimum absolute atomic E-state index is 0.0867. The number of carbonyl (C=O) groups is 3. The van der Waals surface area contributed by atoms with Crippen LogP contribution in [0.1, 0.15) is 31.3 Å². The highest BCUT2D eigenvalue weighted by molar-refractivity contribution is 6.09. The van der Waals surface area contributed by atoms with Crippen molar-refractivity contribution in [3.63, 3.8) is 0 Å². The van der Waals surface area contributed by atoms with Gasteiger partial charge in [0.2, 0.25) is 0 Å². The number of amides is 2. The van der Waals surface area contributed by atoms with Crippen molar-refractivity contribution >= 4 is 39.9 Å². The van der Waals surface area contributed by atoms with Crippen molar-refractivity contribution in [2.75, 3.05) is 66.5 Å². The van der Waals surface area contributed by atoms with Crippen molar-refractivity contribution in [2.24, 2.45) is 0 Å². The molecule has 198 valence electrons. The Balaban J connectivity index is 0.000000156. The van der Waals surface area contributed by atoms with Gasteiger partial charge in [-0.15, -0.1) is 0 Å². The van der Waals surface area contributed by atoms with Crippen LogP contribution >= 0.6 is 0 Å². The van der Waals surface area contributed by atoms with Gasteiger partial charge >= 0.3 is 0 Å². The first kappa shape index (κ1) is 25.7. The molecular weight excluding hydrogens is 480 g/mol. The van der Waals surface area contributed by atoms with E-state index in [2.05, 4.69) is 26.8 Å². The van der Waals surface area contributed by atoms with E-state index in [0.29, 0.717) is 30.0 Å². The van der Waals surface area contributed by atoms with Crippen molar-refractivity contribution in [1.82, 2.24) is 29.6 Å². The minimum atomic E-state index is -0.0867. The predicted octanol–water partition coefficient (Wildman–Crippen LogP) is 2.92. The molecule has 6 rings (SSSR count). The van der Waals surface area contributed by atoms with Gasteiger partial charge < -0.3 is 29.6 Å². The van der Waals surface area contributed by atoms with Gasteiger partial charge in [0.05, 0.1) is 5.56 Å². The lowest BCUT2D eigenvalue weighted by atomic mass is 10.1. The van der Waals surface area contributed by atoms with Gasteiger partial charge in [0.1, 0.15) is 11.4 Å². The predicted molar refractivity (Wildman–Crippen MR) is 149 cm³/mol. The van der Waals surface area contributed by atoms with Crippen LogP contribution in [0, 0.1) is 0 Å². The smallest absolute Gasteiger partial charge is 0.271 e. The second kappa shape index (κ2) is 11.2. The Morgan fingerprint density at radius 2 is 1.26 bits per heavy atom. The van der Waals surface area contributed by atoms with Gasteiger partial charge in [0.15, 0.2) is 6.29 Å². The van der Waals surface area contributed by atoms with Gasteiger partial charge in [-0.3, -0.25) is 14.4 Å². The molecular formula is C29H34N6O3. The zero-order valence-electron chi connectivity index (χ0n) is 21.9. The number of aldehydes is 1. The second-order valence-electron chi connectivity index (χ2n) is 10.0. The summed E-state index contributed by atoms with van der Waals surface area (Å²) < 4.78 is 0. The van der Waals surface area contributed by atoms with Crippen LogP contribution in [0.25, 0.3) is 21.8 Å². The fourth-order valence-electron chi connectivity index (χ4n) is 4.99. The molecule has 9 heteroatoms. The number of H-pyrrole nitrogens is 2. The average molecular weight is 515 g/mol. The van der Waals surface area contributed by atoms with Crippen molar-refractivity contribution in [3.05, 3.63) is 71.5 Å². The van der Waals surface area contributed by atoms with Crippen LogP contribution in [0.2, 0.25) is 0 Å². The lowest BCUT2D eigenvalue weighted by molar-refractivity contribution is 0.0651. The number of hydrogen-bond acceptors (Lipinski definition) is 5. The van der Waals surface area contributed by atoms with Crippen LogP contribution in [-0.2, 0) is 0 Å². The maximum atomic E-state index is 12.6. The molecule has 2 saturated heterocycles. The van der Waals surface area contributed by atoms with Gasteiger partial charge in [-0.2, -0.15) is 0 Å². The van der Waals surface area contributed by atoms with E-state index in [1.807, 2.05) is 66.5 Å². The highest BCUT2D eigenvalue weighted by Gasteiger charge is 2.25. The fourth-order valence-corrected chi connectivity index (χ4v) is 4.99. The van der Waals surface area contributed by atoms with E-state index < -0.39 is 0 Å². The monoisotopic (exact) mass is 514 g/mol. The molecule has 0 aliphatic carbocycles. The number of aromatic amines is 2. The quantitative estimate of drug-likeness (QED) is 0.410. The number of piperazine rings is 2. The Labute approximate surface area is 222 Å². The Bertz CT molecular complexity index is 1410. The second-order valence-corrected chi connectivity index (χ2v) is 10.0. The maximum absolute atomic E-state index is 12.6. The number of hydrogen-bond donors (Lipinski definition) is 2. The van der Waals surface area contributed by atoms with Crippen LogP contribution in [-0.4, -0.2) is 114 Å². The van der Waals surface area contributed by atoms with Crippen LogP contribution < -0.4 is 0 Å². The number of nitrogens with zero attached hydrogens (tertiary/aromatic N) is 4. The van der Waals surface area contributed by atoms with Crippen LogP contribution in [0.4, 0.5) is 0 Å². The first-order valence-electron chi connectivity index (χ1n) is 13.0. The first-order chi connectivity index (χ1) is 18.4. The highest BCUT2D eigenvalue weighted by atomic mass is 16.2. The van der Waals surface area contributed by atoms with Crippen LogP contribution in [0.15, 0.2) is 54.6 Å². The number of benzene rings is 2. The first-order valence-corrected chi connectivity index (χ1v) is 13.0. The molecule has 9 nitrogen and oxygen atoms in total. The molecule has 2 amide bonds. The molecule has 0 radical (unpaired) electrons. The maximum Gasteiger partial charge on any atom is 0.271 e. The SMILES string of the molecule is CN1CCN(C(=O)c2[nH]c3ccccc3c2C=O)CC1.CN1CCN(C(=O)c2cc3ccccc3[nH]2)CC1. The van der Waals surface area contributed by atoms with Crippen molar-refractivity contribution < 1.29 is 14.4 Å². The van der Waals surface area contributed by atoms with Gasteiger partial charge in [0.25, 0.3) is 11.8 Å². The van der Waals surface area contributed by atoms with Gasteiger partial charge in [-0.05, 0) is 32.3 Å². The summed E-state index contributed by atoms with van der Waals surface area (Å²) in [5.41, 5.74) is 3.41. The number of carbonyl (C=O) groups excluding carboxylic acids is 3. The van der Waals surface area contributed by atoms with Crippen LogP contribution in [0.5, 0.6) is 0 Å². The van der Waals surface area contributed by atoms with E-state index in [1.54, 1.807) is 4.90 Å². The van der Waals surface area contributed by atoms with Crippen molar-refractivity contribution in [3.8, 4) is 0 Å².